The molecule has 0 fully saturated rings. The summed E-state index contributed by atoms with van der Waals surface area (Å²) in [6.07, 6.45) is 2.24. The van der Waals surface area contributed by atoms with Crippen LogP contribution in [0.3, 0.4) is 0 Å². The molecule has 4 nitrogen and oxygen atoms in total. The van der Waals surface area contributed by atoms with Gasteiger partial charge in [-0.15, -0.1) is 0 Å². The van der Waals surface area contributed by atoms with E-state index < -0.39 is 0 Å². The van der Waals surface area contributed by atoms with Gasteiger partial charge in [0.05, 0.1) is 0 Å². The molecular formula is C17H23N2O2Y-. The maximum Gasteiger partial charge on any atom is 0.124 e. The summed E-state index contributed by atoms with van der Waals surface area (Å²) in [4.78, 5) is 0. The summed E-state index contributed by atoms with van der Waals surface area (Å²) in [7, 11) is 0. The Labute approximate surface area is 158 Å². The first kappa shape index (κ1) is 25.4. The third-order valence-electron chi connectivity index (χ3n) is 2.18. The molecule has 0 heterocycles. The minimum atomic E-state index is 0. The van der Waals surface area contributed by atoms with Crippen molar-refractivity contribution in [3.8, 4) is 11.5 Å². The smallest absolute Gasteiger partial charge is 0.124 e. The van der Waals surface area contributed by atoms with Crippen LogP contribution in [0.25, 0.3) is 0 Å². The number of para-hydroxylation sites is 2. The van der Waals surface area contributed by atoms with Crippen molar-refractivity contribution < 1.29 is 42.9 Å². The topological polar surface area (TPSA) is 88.2 Å². The molecule has 5 heteroatoms. The van der Waals surface area contributed by atoms with Crippen molar-refractivity contribution in [2.45, 2.75) is 13.8 Å². The molecule has 0 aliphatic carbocycles. The summed E-state index contributed by atoms with van der Waals surface area (Å²) in [5.74, 6) is 0.319. The van der Waals surface area contributed by atoms with Gasteiger partial charge < -0.3 is 28.5 Å². The molecule has 2 aromatic carbocycles. The van der Waals surface area contributed by atoms with Gasteiger partial charge in [0.1, 0.15) is 11.5 Å². The normalized spacial score (nSPS) is 7.55. The molecule has 0 bridgehead atoms. The van der Waals surface area contributed by atoms with Crippen molar-refractivity contribution in [2.75, 3.05) is 0 Å². The molecule has 0 amide bonds. The van der Waals surface area contributed by atoms with E-state index in [0.717, 1.165) is 12.4 Å². The van der Waals surface area contributed by atoms with Crippen molar-refractivity contribution in [1.29, 1.82) is 10.8 Å². The van der Waals surface area contributed by atoms with Gasteiger partial charge in [-0.3, -0.25) is 0 Å². The SMILES string of the molecule is CC.N=Cc1ccccc1O.N=Cc1ccccc1O.[CH3-].[Y]. The summed E-state index contributed by atoms with van der Waals surface area (Å²) in [6, 6.07) is 13.5. The molecule has 2 rings (SSSR count). The second-order valence-electron chi connectivity index (χ2n) is 3.41. The van der Waals surface area contributed by atoms with Crippen LogP contribution in [-0.2, 0) is 32.7 Å². The van der Waals surface area contributed by atoms with Crippen molar-refractivity contribution in [3.63, 3.8) is 0 Å². The number of aromatic hydroxyl groups is 2. The van der Waals surface area contributed by atoms with E-state index in [4.69, 9.17) is 21.0 Å². The van der Waals surface area contributed by atoms with Gasteiger partial charge >= 0.3 is 0 Å². The number of benzene rings is 2. The standard InChI is InChI=1S/2C7H7NO.C2H6.CH3.Y/c2*8-5-6-3-1-2-4-7(6)9;1-2;;/h2*1-5,8-9H;1-2H3;1H3;/q;;;-1;. The van der Waals surface area contributed by atoms with Gasteiger partial charge in [0.2, 0.25) is 0 Å². The van der Waals surface area contributed by atoms with E-state index in [9.17, 15) is 0 Å². The predicted octanol–water partition coefficient (Wildman–Crippen LogP) is 4.25. The molecule has 0 aromatic heterocycles. The molecular weight excluding hydrogens is 353 g/mol. The summed E-state index contributed by atoms with van der Waals surface area (Å²) in [5, 5.41) is 31.5. The fourth-order valence-electron chi connectivity index (χ4n) is 1.22. The Morgan fingerprint density at radius 2 is 1.00 bits per heavy atom. The average Bonchev–Trinajstić information content (AvgIpc) is 2.51. The molecule has 0 atom stereocenters. The number of hydrogen-bond acceptors (Lipinski definition) is 4. The molecule has 0 saturated heterocycles. The summed E-state index contributed by atoms with van der Waals surface area (Å²) < 4.78 is 0. The molecule has 22 heavy (non-hydrogen) atoms. The minimum absolute atomic E-state index is 0. The quantitative estimate of drug-likeness (QED) is 0.466. The van der Waals surface area contributed by atoms with Gasteiger partial charge in [-0.05, 0) is 24.3 Å². The minimum Gasteiger partial charge on any atom is -0.507 e. The van der Waals surface area contributed by atoms with Crippen LogP contribution < -0.4 is 0 Å². The molecule has 117 valence electrons. The first-order valence-corrected chi connectivity index (χ1v) is 6.26. The molecule has 0 spiro atoms. The molecule has 0 unspecified atom stereocenters. The van der Waals surface area contributed by atoms with Crippen LogP contribution in [0.1, 0.15) is 25.0 Å². The first-order chi connectivity index (χ1) is 9.69. The zero-order valence-electron chi connectivity index (χ0n) is 13.2. The average molecular weight is 376 g/mol. The van der Waals surface area contributed by atoms with Crippen molar-refractivity contribution >= 4 is 12.4 Å². The molecule has 0 aliphatic rings. The van der Waals surface area contributed by atoms with Crippen LogP contribution in [0.5, 0.6) is 11.5 Å². The van der Waals surface area contributed by atoms with Crippen molar-refractivity contribution in [2.24, 2.45) is 0 Å². The summed E-state index contributed by atoms with van der Waals surface area (Å²) >= 11 is 0. The Balaban J connectivity index is -0.000000273. The van der Waals surface area contributed by atoms with Gasteiger partial charge in [0, 0.05) is 56.3 Å². The van der Waals surface area contributed by atoms with Gasteiger partial charge in [0.25, 0.3) is 0 Å². The van der Waals surface area contributed by atoms with Crippen LogP contribution in [0.2, 0.25) is 0 Å². The van der Waals surface area contributed by atoms with E-state index >= 15 is 0 Å². The monoisotopic (exact) mass is 376 g/mol. The number of phenolic OH excluding ortho intramolecular Hbond substituents is 2. The first-order valence-electron chi connectivity index (χ1n) is 6.26. The molecule has 4 N–H and O–H groups in total. The molecule has 0 saturated carbocycles. The second-order valence-corrected chi connectivity index (χ2v) is 3.41. The van der Waals surface area contributed by atoms with Gasteiger partial charge in [-0.25, -0.2) is 0 Å². The molecule has 2 aromatic rings. The second kappa shape index (κ2) is 15.9. The van der Waals surface area contributed by atoms with Gasteiger partial charge in [0.15, 0.2) is 0 Å². The maximum atomic E-state index is 8.96. The number of hydrogen-bond donors (Lipinski definition) is 4. The zero-order chi connectivity index (χ0) is 15.4. The Kier molecular flexibility index (Phi) is 18.3. The zero-order valence-corrected chi connectivity index (χ0v) is 16.1. The van der Waals surface area contributed by atoms with E-state index in [1.165, 1.54) is 0 Å². The largest absolute Gasteiger partial charge is 0.507 e. The van der Waals surface area contributed by atoms with Crippen LogP contribution >= 0.6 is 0 Å². The van der Waals surface area contributed by atoms with Gasteiger partial charge in [-0.1, -0.05) is 38.1 Å². The summed E-state index contributed by atoms with van der Waals surface area (Å²) in [5.41, 5.74) is 1.11. The van der Waals surface area contributed by atoms with Crippen molar-refractivity contribution in [3.05, 3.63) is 67.1 Å². The van der Waals surface area contributed by atoms with E-state index in [1.807, 2.05) is 13.8 Å². The maximum absolute atomic E-state index is 8.96. The Morgan fingerprint density at radius 3 is 1.18 bits per heavy atom. The Hall–Kier alpha value is -1.52. The molecule has 1 radical (unpaired) electrons. The number of phenols is 2. The van der Waals surface area contributed by atoms with E-state index in [2.05, 4.69) is 0 Å². The predicted molar refractivity (Wildman–Crippen MR) is 89.7 cm³/mol. The molecule has 0 aliphatic heterocycles. The number of nitrogens with one attached hydrogen (secondary N) is 2. The summed E-state index contributed by atoms with van der Waals surface area (Å²) in [6.45, 7) is 4.00. The fourth-order valence-corrected chi connectivity index (χ4v) is 1.22. The van der Waals surface area contributed by atoms with Crippen LogP contribution in [-0.4, -0.2) is 22.6 Å². The van der Waals surface area contributed by atoms with Crippen LogP contribution in [0.15, 0.2) is 48.5 Å². The Bertz CT molecular complexity index is 496. The fraction of sp³-hybridized carbons (Fsp3) is 0.118. The number of rotatable bonds is 2. The third kappa shape index (κ3) is 9.43. The third-order valence-corrected chi connectivity index (χ3v) is 2.18. The van der Waals surface area contributed by atoms with E-state index in [-0.39, 0.29) is 51.6 Å². The van der Waals surface area contributed by atoms with Crippen molar-refractivity contribution in [1.82, 2.24) is 0 Å². The van der Waals surface area contributed by atoms with E-state index in [1.54, 1.807) is 48.5 Å². The Morgan fingerprint density at radius 1 is 0.727 bits per heavy atom. The van der Waals surface area contributed by atoms with Crippen LogP contribution in [0.4, 0.5) is 0 Å². The van der Waals surface area contributed by atoms with E-state index in [0.29, 0.717) is 11.1 Å². The van der Waals surface area contributed by atoms with Gasteiger partial charge in [-0.2, -0.15) is 0 Å². The van der Waals surface area contributed by atoms with Crippen LogP contribution in [0, 0.1) is 18.2 Å².